The topological polar surface area (TPSA) is 20.2 Å². The molecule has 0 saturated heterocycles. The summed E-state index contributed by atoms with van der Waals surface area (Å²) in [6.07, 6.45) is 10.3. The van der Waals surface area contributed by atoms with Gasteiger partial charge in [0, 0.05) is 0 Å². The zero-order chi connectivity index (χ0) is 11.6. The molecule has 4 atom stereocenters. The molecule has 16 heavy (non-hydrogen) atoms. The van der Waals surface area contributed by atoms with Gasteiger partial charge in [0.05, 0.1) is 5.60 Å². The van der Waals surface area contributed by atoms with Crippen LogP contribution in [0.15, 0.2) is 12.2 Å². The van der Waals surface area contributed by atoms with Crippen LogP contribution in [0.4, 0.5) is 0 Å². The van der Waals surface area contributed by atoms with E-state index in [2.05, 4.69) is 32.9 Å². The van der Waals surface area contributed by atoms with Gasteiger partial charge in [0.2, 0.25) is 0 Å². The van der Waals surface area contributed by atoms with E-state index in [1.54, 1.807) is 0 Å². The van der Waals surface area contributed by atoms with Crippen molar-refractivity contribution in [2.75, 3.05) is 0 Å². The molecule has 0 aromatic carbocycles. The van der Waals surface area contributed by atoms with Gasteiger partial charge in [-0.15, -0.1) is 0 Å². The Labute approximate surface area is 98.9 Å². The lowest BCUT2D eigenvalue weighted by atomic mass is 9.50. The lowest BCUT2D eigenvalue weighted by molar-refractivity contribution is -0.147. The van der Waals surface area contributed by atoms with Crippen molar-refractivity contribution in [2.24, 2.45) is 22.7 Å². The quantitative estimate of drug-likeness (QED) is 0.619. The van der Waals surface area contributed by atoms with E-state index in [0.29, 0.717) is 11.3 Å². The van der Waals surface area contributed by atoms with Crippen LogP contribution >= 0.6 is 0 Å². The van der Waals surface area contributed by atoms with Gasteiger partial charge in [-0.25, -0.2) is 0 Å². The van der Waals surface area contributed by atoms with Crippen molar-refractivity contribution in [2.45, 2.75) is 58.5 Å². The molecular formula is C15H24O. The number of hydrogen-bond acceptors (Lipinski definition) is 1. The molecule has 3 aliphatic carbocycles. The molecule has 2 fully saturated rings. The lowest BCUT2D eigenvalue weighted by Gasteiger charge is -2.57. The van der Waals surface area contributed by atoms with Crippen LogP contribution in [0.3, 0.4) is 0 Å². The maximum atomic E-state index is 10.9. The van der Waals surface area contributed by atoms with Crippen LogP contribution in [0, 0.1) is 22.7 Å². The van der Waals surface area contributed by atoms with E-state index < -0.39 is 0 Å². The molecule has 3 rings (SSSR count). The third-order valence-corrected chi connectivity index (χ3v) is 5.65. The van der Waals surface area contributed by atoms with Crippen LogP contribution in [-0.2, 0) is 0 Å². The molecule has 0 radical (unpaired) electrons. The van der Waals surface area contributed by atoms with Gasteiger partial charge in [0.15, 0.2) is 0 Å². The van der Waals surface area contributed by atoms with Crippen LogP contribution < -0.4 is 0 Å². The largest absolute Gasteiger partial charge is 0.389 e. The Morgan fingerprint density at radius 3 is 2.62 bits per heavy atom. The maximum absolute atomic E-state index is 10.9. The molecule has 0 amide bonds. The second kappa shape index (κ2) is 2.93. The SMILES string of the molecule is CC12C=CCC(O)(C1)C1CC(C)(C)C1CC2. The minimum atomic E-state index is -0.389. The van der Waals surface area contributed by atoms with E-state index in [4.69, 9.17) is 0 Å². The zero-order valence-electron chi connectivity index (χ0n) is 10.8. The van der Waals surface area contributed by atoms with E-state index in [0.717, 1.165) is 18.8 Å². The van der Waals surface area contributed by atoms with E-state index >= 15 is 0 Å². The molecule has 1 heteroatoms. The van der Waals surface area contributed by atoms with Gasteiger partial charge in [-0.2, -0.15) is 0 Å². The van der Waals surface area contributed by atoms with E-state index in [9.17, 15) is 5.11 Å². The summed E-state index contributed by atoms with van der Waals surface area (Å²) >= 11 is 0. The second-order valence-corrected chi connectivity index (χ2v) is 7.49. The van der Waals surface area contributed by atoms with Crippen molar-refractivity contribution >= 4 is 0 Å². The van der Waals surface area contributed by atoms with Gasteiger partial charge in [0.1, 0.15) is 0 Å². The third kappa shape index (κ3) is 1.33. The first-order valence-electron chi connectivity index (χ1n) is 6.75. The average molecular weight is 220 g/mol. The summed E-state index contributed by atoms with van der Waals surface area (Å²) in [4.78, 5) is 0. The highest BCUT2D eigenvalue weighted by Crippen LogP contribution is 2.63. The first-order chi connectivity index (χ1) is 7.35. The van der Waals surface area contributed by atoms with Crippen molar-refractivity contribution in [1.82, 2.24) is 0 Å². The number of fused-ring (bicyclic) bond motifs is 4. The highest BCUT2D eigenvalue weighted by atomic mass is 16.3. The van der Waals surface area contributed by atoms with E-state index in [1.165, 1.54) is 19.3 Å². The number of hydrogen-bond donors (Lipinski definition) is 1. The molecule has 1 N–H and O–H groups in total. The number of rotatable bonds is 0. The Kier molecular flexibility index (Phi) is 1.98. The molecule has 4 unspecified atom stereocenters. The van der Waals surface area contributed by atoms with E-state index in [-0.39, 0.29) is 11.0 Å². The molecule has 0 heterocycles. The van der Waals surface area contributed by atoms with Gasteiger partial charge in [-0.3, -0.25) is 0 Å². The Balaban J connectivity index is 1.96. The fourth-order valence-corrected chi connectivity index (χ4v) is 4.72. The minimum absolute atomic E-state index is 0.264. The first kappa shape index (κ1) is 10.8. The summed E-state index contributed by atoms with van der Waals surface area (Å²) < 4.78 is 0. The standard InChI is InChI=1S/C15H24O/c1-13(2)9-12-11(13)5-8-14(3)6-4-7-15(12,16)10-14/h4,6,11-12,16H,5,7-10H2,1-3H3. The zero-order valence-corrected chi connectivity index (χ0v) is 10.8. The van der Waals surface area contributed by atoms with Crippen LogP contribution in [0.1, 0.15) is 52.9 Å². The fourth-order valence-electron chi connectivity index (χ4n) is 4.72. The van der Waals surface area contributed by atoms with Crippen molar-refractivity contribution < 1.29 is 5.11 Å². The molecule has 3 aliphatic rings. The molecule has 90 valence electrons. The fraction of sp³-hybridized carbons (Fsp3) is 0.867. The smallest absolute Gasteiger partial charge is 0.0721 e. The highest BCUT2D eigenvalue weighted by molar-refractivity contribution is 5.17. The van der Waals surface area contributed by atoms with Crippen LogP contribution in [0.5, 0.6) is 0 Å². The van der Waals surface area contributed by atoms with Crippen molar-refractivity contribution in [3.8, 4) is 0 Å². The van der Waals surface area contributed by atoms with Crippen molar-refractivity contribution in [3.05, 3.63) is 12.2 Å². The van der Waals surface area contributed by atoms with Gasteiger partial charge in [0.25, 0.3) is 0 Å². The molecule has 0 aromatic heterocycles. The van der Waals surface area contributed by atoms with Gasteiger partial charge >= 0.3 is 0 Å². The average Bonchev–Trinajstić information content (AvgIpc) is 2.19. The Morgan fingerprint density at radius 2 is 1.94 bits per heavy atom. The summed E-state index contributed by atoms with van der Waals surface area (Å²) in [7, 11) is 0. The normalized spacial score (nSPS) is 53.8. The van der Waals surface area contributed by atoms with E-state index in [1.807, 2.05) is 0 Å². The van der Waals surface area contributed by atoms with Gasteiger partial charge < -0.3 is 5.11 Å². The summed E-state index contributed by atoms with van der Waals surface area (Å²) in [5, 5.41) is 10.9. The molecule has 0 aromatic rings. The maximum Gasteiger partial charge on any atom is 0.0721 e. The van der Waals surface area contributed by atoms with Crippen LogP contribution in [-0.4, -0.2) is 10.7 Å². The number of allylic oxidation sites excluding steroid dienone is 1. The molecule has 0 spiro atoms. The van der Waals surface area contributed by atoms with Crippen LogP contribution in [0.25, 0.3) is 0 Å². The van der Waals surface area contributed by atoms with Crippen LogP contribution in [0.2, 0.25) is 0 Å². The molecular weight excluding hydrogens is 196 g/mol. The third-order valence-electron chi connectivity index (χ3n) is 5.65. The van der Waals surface area contributed by atoms with Crippen molar-refractivity contribution in [3.63, 3.8) is 0 Å². The Morgan fingerprint density at radius 1 is 1.19 bits per heavy atom. The van der Waals surface area contributed by atoms with Gasteiger partial charge in [-0.1, -0.05) is 32.9 Å². The molecule has 2 saturated carbocycles. The molecule has 0 aliphatic heterocycles. The highest BCUT2D eigenvalue weighted by Gasteiger charge is 2.59. The minimum Gasteiger partial charge on any atom is -0.389 e. The summed E-state index contributed by atoms with van der Waals surface area (Å²) in [6.45, 7) is 7.08. The lowest BCUT2D eigenvalue weighted by Crippen LogP contribution is -2.55. The number of aliphatic hydroxyl groups is 1. The second-order valence-electron chi connectivity index (χ2n) is 7.49. The van der Waals surface area contributed by atoms with Crippen molar-refractivity contribution in [1.29, 1.82) is 0 Å². The Bertz CT molecular complexity index is 343. The monoisotopic (exact) mass is 220 g/mol. The Hall–Kier alpha value is -0.300. The summed E-state index contributed by atoms with van der Waals surface area (Å²) in [5.74, 6) is 1.31. The first-order valence-corrected chi connectivity index (χ1v) is 6.75. The predicted octanol–water partition coefficient (Wildman–Crippen LogP) is 3.53. The summed E-state index contributed by atoms with van der Waals surface area (Å²) in [6, 6.07) is 0. The molecule has 1 nitrogen and oxygen atoms in total. The summed E-state index contributed by atoms with van der Waals surface area (Å²) in [5.41, 5.74) is 0.342. The molecule has 2 bridgehead atoms. The van der Waals surface area contributed by atoms with Gasteiger partial charge in [-0.05, 0) is 54.8 Å². The predicted molar refractivity (Wildman–Crippen MR) is 66.0 cm³/mol.